The summed E-state index contributed by atoms with van der Waals surface area (Å²) in [7, 11) is 1.43. The second kappa shape index (κ2) is 9.53. The Morgan fingerprint density at radius 3 is 2.38 bits per heavy atom. The van der Waals surface area contributed by atoms with Crippen LogP contribution in [0.25, 0.3) is 0 Å². The number of likely N-dealkylation sites (N-methyl/N-ethyl adjacent to an activating group) is 1. The molecule has 4 nitrogen and oxygen atoms in total. The number of carbonyl (C=O) groups excluding carboxylic acids is 1. The van der Waals surface area contributed by atoms with E-state index in [0.29, 0.717) is 12.5 Å². The van der Waals surface area contributed by atoms with Gasteiger partial charge in [-0.05, 0) is 25.6 Å². The molecule has 0 amide bonds. The smallest absolute Gasteiger partial charge is 0.307 e. The molecule has 0 fully saturated rings. The molecule has 4 heteroatoms. The Labute approximate surface area is 128 Å². The van der Waals surface area contributed by atoms with Gasteiger partial charge < -0.3 is 10.1 Å². The van der Waals surface area contributed by atoms with Gasteiger partial charge in [-0.15, -0.1) is 0 Å². The fourth-order valence-corrected chi connectivity index (χ4v) is 2.52. The Hall–Kier alpha value is -1.39. The summed E-state index contributed by atoms with van der Waals surface area (Å²) in [5.74, 6) is -0.172. The molecule has 0 aliphatic rings. The summed E-state index contributed by atoms with van der Waals surface area (Å²) >= 11 is 0. The maximum atomic E-state index is 11.3. The van der Waals surface area contributed by atoms with Crippen molar-refractivity contribution in [3.63, 3.8) is 0 Å². The quantitative estimate of drug-likeness (QED) is 0.710. The molecule has 0 bridgehead atoms. The van der Waals surface area contributed by atoms with Gasteiger partial charge in [0.15, 0.2) is 0 Å². The van der Waals surface area contributed by atoms with Gasteiger partial charge in [0.2, 0.25) is 0 Å². The number of nitrogens with one attached hydrogen (secondary N) is 1. The van der Waals surface area contributed by atoms with Crippen molar-refractivity contribution in [1.82, 2.24) is 10.2 Å². The third-order valence-corrected chi connectivity index (χ3v) is 3.80. The highest BCUT2D eigenvalue weighted by molar-refractivity contribution is 5.69. The van der Waals surface area contributed by atoms with Gasteiger partial charge in [-0.25, -0.2) is 0 Å². The predicted octanol–water partition coefficient (Wildman–Crippen LogP) is 2.61. The van der Waals surface area contributed by atoms with Gasteiger partial charge in [0.05, 0.1) is 13.5 Å². The lowest BCUT2D eigenvalue weighted by molar-refractivity contribution is -0.141. The SMILES string of the molecule is CCN(CC)C(CNC(C)CC(=O)OC)c1ccccc1. The molecule has 0 aliphatic heterocycles. The highest BCUT2D eigenvalue weighted by Crippen LogP contribution is 2.19. The number of nitrogens with zero attached hydrogens (tertiary/aromatic N) is 1. The van der Waals surface area contributed by atoms with E-state index >= 15 is 0 Å². The normalized spacial score (nSPS) is 14.0. The minimum atomic E-state index is -0.172. The Morgan fingerprint density at radius 2 is 1.86 bits per heavy atom. The lowest BCUT2D eigenvalue weighted by Crippen LogP contribution is -2.39. The first-order chi connectivity index (χ1) is 10.1. The number of benzene rings is 1. The van der Waals surface area contributed by atoms with E-state index in [1.807, 2.05) is 13.0 Å². The highest BCUT2D eigenvalue weighted by Gasteiger charge is 2.19. The van der Waals surface area contributed by atoms with E-state index in [4.69, 9.17) is 4.74 Å². The maximum Gasteiger partial charge on any atom is 0.307 e. The lowest BCUT2D eigenvalue weighted by atomic mass is 10.0. The van der Waals surface area contributed by atoms with Gasteiger partial charge in [-0.3, -0.25) is 9.69 Å². The zero-order valence-electron chi connectivity index (χ0n) is 13.6. The van der Waals surface area contributed by atoms with Gasteiger partial charge in [0.25, 0.3) is 0 Å². The second-order valence-corrected chi connectivity index (χ2v) is 5.24. The maximum absolute atomic E-state index is 11.3. The Bertz CT molecular complexity index is 405. The summed E-state index contributed by atoms with van der Waals surface area (Å²) in [5, 5.41) is 3.45. The molecule has 0 aromatic heterocycles. The molecule has 1 N–H and O–H groups in total. The van der Waals surface area contributed by atoms with Crippen LogP contribution in [0.15, 0.2) is 30.3 Å². The van der Waals surface area contributed by atoms with E-state index in [-0.39, 0.29) is 12.0 Å². The molecule has 118 valence electrons. The fourth-order valence-electron chi connectivity index (χ4n) is 2.52. The highest BCUT2D eigenvalue weighted by atomic mass is 16.5. The van der Waals surface area contributed by atoms with Gasteiger partial charge in [0.1, 0.15) is 0 Å². The molecule has 0 heterocycles. The number of rotatable bonds is 9. The molecular weight excluding hydrogens is 264 g/mol. The van der Waals surface area contributed by atoms with E-state index in [1.54, 1.807) is 0 Å². The fraction of sp³-hybridized carbons (Fsp3) is 0.588. The van der Waals surface area contributed by atoms with E-state index in [9.17, 15) is 4.79 Å². The Morgan fingerprint density at radius 1 is 1.24 bits per heavy atom. The molecule has 2 atom stereocenters. The molecule has 21 heavy (non-hydrogen) atoms. The van der Waals surface area contributed by atoms with E-state index in [1.165, 1.54) is 12.7 Å². The van der Waals surface area contributed by atoms with Gasteiger partial charge in [-0.1, -0.05) is 44.2 Å². The van der Waals surface area contributed by atoms with E-state index in [0.717, 1.165) is 19.6 Å². The third kappa shape index (κ3) is 5.86. The first kappa shape index (κ1) is 17.7. The summed E-state index contributed by atoms with van der Waals surface area (Å²) in [6.07, 6.45) is 0.399. The van der Waals surface area contributed by atoms with Crippen LogP contribution >= 0.6 is 0 Å². The summed E-state index contributed by atoms with van der Waals surface area (Å²) in [4.78, 5) is 13.7. The van der Waals surface area contributed by atoms with Crippen molar-refractivity contribution >= 4 is 5.97 Å². The number of ether oxygens (including phenoxy) is 1. The Kier molecular flexibility index (Phi) is 8.01. The first-order valence-electron chi connectivity index (χ1n) is 7.71. The molecule has 1 aromatic rings. The number of hydrogen-bond donors (Lipinski definition) is 1. The molecule has 0 aliphatic carbocycles. The molecule has 0 saturated heterocycles. The molecule has 0 spiro atoms. The van der Waals surface area contributed by atoms with Gasteiger partial charge in [-0.2, -0.15) is 0 Å². The van der Waals surface area contributed by atoms with Crippen LogP contribution < -0.4 is 5.32 Å². The van der Waals surface area contributed by atoms with Gasteiger partial charge in [0, 0.05) is 18.6 Å². The van der Waals surface area contributed by atoms with Crippen LogP contribution in [0, 0.1) is 0 Å². The summed E-state index contributed by atoms with van der Waals surface area (Å²) < 4.78 is 4.71. The van der Waals surface area contributed by atoms with Crippen LogP contribution in [0.5, 0.6) is 0 Å². The molecule has 1 rings (SSSR count). The van der Waals surface area contributed by atoms with Crippen molar-refractivity contribution < 1.29 is 9.53 Å². The van der Waals surface area contributed by atoms with Crippen molar-refractivity contribution in [2.24, 2.45) is 0 Å². The van der Waals surface area contributed by atoms with Crippen LogP contribution in [0.1, 0.15) is 38.8 Å². The number of esters is 1. The van der Waals surface area contributed by atoms with Crippen molar-refractivity contribution in [3.05, 3.63) is 35.9 Å². The van der Waals surface area contributed by atoms with Crippen LogP contribution in [0.3, 0.4) is 0 Å². The summed E-state index contributed by atoms with van der Waals surface area (Å²) in [6, 6.07) is 10.9. The number of carbonyl (C=O) groups is 1. The molecule has 0 saturated carbocycles. The number of hydrogen-bond acceptors (Lipinski definition) is 4. The minimum absolute atomic E-state index is 0.110. The van der Waals surface area contributed by atoms with E-state index < -0.39 is 0 Å². The van der Waals surface area contributed by atoms with Crippen molar-refractivity contribution in [3.8, 4) is 0 Å². The largest absolute Gasteiger partial charge is 0.469 e. The second-order valence-electron chi connectivity index (χ2n) is 5.24. The zero-order valence-corrected chi connectivity index (χ0v) is 13.6. The first-order valence-corrected chi connectivity index (χ1v) is 7.71. The van der Waals surface area contributed by atoms with Crippen molar-refractivity contribution in [1.29, 1.82) is 0 Å². The van der Waals surface area contributed by atoms with E-state index in [2.05, 4.69) is 48.3 Å². The molecule has 1 aromatic carbocycles. The topological polar surface area (TPSA) is 41.6 Å². The Balaban J connectivity index is 2.68. The average molecular weight is 292 g/mol. The van der Waals surface area contributed by atoms with Crippen LogP contribution in [-0.4, -0.2) is 43.7 Å². The molecule has 0 radical (unpaired) electrons. The summed E-state index contributed by atoms with van der Waals surface area (Å²) in [5.41, 5.74) is 1.30. The van der Waals surface area contributed by atoms with Crippen molar-refractivity contribution in [2.75, 3.05) is 26.7 Å². The van der Waals surface area contributed by atoms with Crippen LogP contribution in [-0.2, 0) is 9.53 Å². The van der Waals surface area contributed by atoms with Crippen LogP contribution in [0.2, 0.25) is 0 Å². The van der Waals surface area contributed by atoms with Crippen LogP contribution in [0.4, 0.5) is 0 Å². The average Bonchev–Trinajstić information content (AvgIpc) is 2.52. The monoisotopic (exact) mass is 292 g/mol. The third-order valence-electron chi connectivity index (χ3n) is 3.80. The predicted molar refractivity (Wildman–Crippen MR) is 86.2 cm³/mol. The number of methoxy groups -OCH3 is 1. The standard InChI is InChI=1S/C17H28N2O2/c1-5-19(6-2)16(15-10-8-7-9-11-15)13-18-14(3)12-17(20)21-4/h7-11,14,16,18H,5-6,12-13H2,1-4H3. The van der Waals surface area contributed by atoms with Gasteiger partial charge >= 0.3 is 5.97 Å². The zero-order chi connectivity index (χ0) is 15.7. The minimum Gasteiger partial charge on any atom is -0.469 e. The van der Waals surface area contributed by atoms with Crippen molar-refractivity contribution in [2.45, 2.75) is 39.3 Å². The molecule has 2 unspecified atom stereocenters. The molecular formula is C17H28N2O2. The summed E-state index contributed by atoms with van der Waals surface area (Å²) in [6.45, 7) is 9.20. The lowest BCUT2D eigenvalue weighted by Gasteiger charge is -2.31.